The number of pyridine rings is 1. The van der Waals surface area contributed by atoms with Crippen molar-refractivity contribution in [2.24, 2.45) is 10.7 Å². The van der Waals surface area contributed by atoms with E-state index >= 15 is 0 Å². The molecule has 0 aliphatic carbocycles. The van der Waals surface area contributed by atoms with Gasteiger partial charge in [-0.25, -0.2) is 8.78 Å². The van der Waals surface area contributed by atoms with Crippen LogP contribution in [0.2, 0.25) is 0 Å². The minimum absolute atomic E-state index is 0.112. The van der Waals surface area contributed by atoms with Gasteiger partial charge in [-0.1, -0.05) is 6.07 Å². The van der Waals surface area contributed by atoms with Crippen molar-refractivity contribution in [1.29, 1.82) is 0 Å². The maximum absolute atomic E-state index is 14.0. The van der Waals surface area contributed by atoms with Gasteiger partial charge < -0.3 is 11.1 Å². The zero-order valence-electron chi connectivity index (χ0n) is 16.0. The minimum Gasteiger partial charge on any atom is -0.395 e. The maximum Gasteiger partial charge on any atom is 0.430 e. The van der Waals surface area contributed by atoms with Crippen LogP contribution in [0.15, 0.2) is 65.4 Å². The first-order valence-corrected chi connectivity index (χ1v) is 8.76. The molecule has 3 rings (SSSR count). The molecule has 0 fully saturated rings. The smallest absolute Gasteiger partial charge is 0.395 e. The summed E-state index contributed by atoms with van der Waals surface area (Å²) >= 11 is 0. The Balaban J connectivity index is 1.86. The number of fused-ring (bicyclic) bond motifs is 1. The van der Waals surface area contributed by atoms with Gasteiger partial charge in [-0.2, -0.15) is 13.2 Å². The van der Waals surface area contributed by atoms with Crippen LogP contribution in [0.3, 0.4) is 0 Å². The molecule has 0 saturated heterocycles. The van der Waals surface area contributed by atoms with E-state index in [1.54, 1.807) is 12.1 Å². The molecule has 31 heavy (non-hydrogen) atoms. The van der Waals surface area contributed by atoms with Gasteiger partial charge in [0.25, 0.3) is 5.91 Å². The molecule has 0 atom stereocenters. The van der Waals surface area contributed by atoms with Gasteiger partial charge in [0.2, 0.25) is 0 Å². The Morgan fingerprint density at radius 2 is 1.87 bits per heavy atom. The number of hydrogen-bond acceptors (Lipinski definition) is 4. The Morgan fingerprint density at radius 1 is 1.13 bits per heavy atom. The van der Waals surface area contributed by atoms with Gasteiger partial charge in [-0.05, 0) is 30.3 Å². The quantitative estimate of drug-likeness (QED) is 0.366. The van der Waals surface area contributed by atoms with Crippen LogP contribution in [0.4, 0.5) is 22.0 Å². The van der Waals surface area contributed by atoms with Crippen LogP contribution in [0.25, 0.3) is 22.0 Å². The van der Waals surface area contributed by atoms with E-state index in [9.17, 15) is 26.7 Å². The van der Waals surface area contributed by atoms with Crippen molar-refractivity contribution in [3.05, 3.63) is 77.6 Å². The zero-order valence-corrected chi connectivity index (χ0v) is 16.0. The number of aromatic nitrogens is 1. The summed E-state index contributed by atoms with van der Waals surface area (Å²) in [6.07, 6.45) is -2.87. The van der Waals surface area contributed by atoms with Gasteiger partial charge in [0.15, 0.2) is 0 Å². The molecule has 1 amide bonds. The Hall–Kier alpha value is -3.82. The molecule has 1 aromatic heterocycles. The highest BCUT2D eigenvalue weighted by molar-refractivity contribution is 6.11. The largest absolute Gasteiger partial charge is 0.430 e. The average Bonchev–Trinajstić information content (AvgIpc) is 2.71. The number of nitrogens with two attached hydrogens (primary N) is 1. The van der Waals surface area contributed by atoms with E-state index in [1.165, 1.54) is 31.4 Å². The molecule has 10 heteroatoms. The number of allylic oxidation sites excluding steroid dienone is 1. The fourth-order valence-corrected chi connectivity index (χ4v) is 2.71. The van der Waals surface area contributed by atoms with E-state index in [1.807, 2.05) is 0 Å². The average molecular weight is 434 g/mol. The maximum atomic E-state index is 14.0. The van der Waals surface area contributed by atoms with Crippen LogP contribution in [-0.4, -0.2) is 30.0 Å². The van der Waals surface area contributed by atoms with Crippen LogP contribution in [-0.2, 0) is 0 Å². The zero-order chi connectivity index (χ0) is 22.8. The number of aliphatic imine (C=N–C) groups is 1. The Morgan fingerprint density at radius 3 is 2.52 bits per heavy atom. The summed E-state index contributed by atoms with van der Waals surface area (Å²) in [6, 6.07) is 9.19. The molecule has 3 N–H and O–H groups in total. The first-order valence-electron chi connectivity index (χ1n) is 8.76. The van der Waals surface area contributed by atoms with Crippen molar-refractivity contribution in [2.75, 3.05) is 7.05 Å². The number of benzene rings is 2. The summed E-state index contributed by atoms with van der Waals surface area (Å²) in [4.78, 5) is 20.2. The Kier molecular flexibility index (Phi) is 6.00. The molecule has 160 valence electrons. The fraction of sp³-hybridized carbons (Fsp3) is 0.0952. The second kappa shape index (κ2) is 8.50. The van der Waals surface area contributed by atoms with Gasteiger partial charge in [-0.3, -0.25) is 14.8 Å². The number of nitrogens with zero attached hydrogens (tertiary/aromatic N) is 2. The van der Waals surface area contributed by atoms with Crippen molar-refractivity contribution in [2.45, 2.75) is 6.18 Å². The van der Waals surface area contributed by atoms with Gasteiger partial charge in [0.1, 0.15) is 23.2 Å². The standard InChI is InChI=1S/C21H15F5N4O/c1-28-19(9-18(27)21(24,25)26)30-20(31)12-3-2-11-6-13(10-29-17(11)7-12)15-5-4-14(22)8-16(15)23/h2-10H,27H2,1H3,(H,28,30,31). The Labute approximate surface area is 173 Å². The summed E-state index contributed by atoms with van der Waals surface area (Å²) in [6.45, 7) is 0. The summed E-state index contributed by atoms with van der Waals surface area (Å²) in [5.41, 5.74) is 4.61. The molecule has 0 bridgehead atoms. The van der Waals surface area contributed by atoms with E-state index in [-0.39, 0.29) is 17.0 Å². The van der Waals surface area contributed by atoms with Crippen molar-refractivity contribution in [3.63, 3.8) is 0 Å². The minimum atomic E-state index is -4.75. The third-order valence-electron chi connectivity index (χ3n) is 4.29. The molecule has 3 aromatic rings. The lowest BCUT2D eigenvalue weighted by molar-refractivity contribution is -0.0925. The molecule has 0 saturated carbocycles. The van der Waals surface area contributed by atoms with Gasteiger partial charge in [0.05, 0.1) is 5.52 Å². The van der Waals surface area contributed by atoms with Crippen LogP contribution in [0.1, 0.15) is 10.4 Å². The summed E-state index contributed by atoms with van der Waals surface area (Å²) in [5, 5.41) is 2.82. The monoisotopic (exact) mass is 434 g/mol. The Bertz CT molecular complexity index is 1220. The number of amides is 1. The third-order valence-corrected chi connectivity index (χ3v) is 4.29. The number of rotatable bonds is 3. The number of hydrogen-bond donors (Lipinski definition) is 2. The normalized spacial score (nSPS) is 12.8. The molecular formula is C21H15F5N4O. The molecular weight excluding hydrogens is 419 g/mol. The summed E-state index contributed by atoms with van der Waals surface area (Å²) < 4.78 is 64.8. The highest BCUT2D eigenvalue weighted by Crippen LogP contribution is 2.26. The molecule has 5 nitrogen and oxygen atoms in total. The second-order valence-corrected chi connectivity index (χ2v) is 6.42. The lowest BCUT2D eigenvalue weighted by Crippen LogP contribution is -2.31. The molecule has 1 heterocycles. The molecule has 0 aliphatic rings. The number of alkyl halides is 3. The number of amidine groups is 1. The molecule has 0 unspecified atom stereocenters. The van der Waals surface area contributed by atoms with Gasteiger partial charge >= 0.3 is 6.18 Å². The predicted molar refractivity (Wildman–Crippen MR) is 106 cm³/mol. The lowest BCUT2D eigenvalue weighted by Gasteiger charge is -2.10. The number of carbonyl (C=O) groups excluding carboxylic acids is 1. The van der Waals surface area contributed by atoms with E-state index in [4.69, 9.17) is 5.73 Å². The number of carbonyl (C=O) groups is 1. The van der Waals surface area contributed by atoms with Crippen molar-refractivity contribution < 1.29 is 26.7 Å². The van der Waals surface area contributed by atoms with Gasteiger partial charge in [-0.15, -0.1) is 0 Å². The summed E-state index contributed by atoms with van der Waals surface area (Å²) in [5.74, 6) is -2.53. The van der Waals surface area contributed by atoms with E-state index in [2.05, 4.69) is 15.3 Å². The molecule has 0 spiro atoms. The van der Waals surface area contributed by atoms with Crippen LogP contribution >= 0.6 is 0 Å². The van der Waals surface area contributed by atoms with Crippen molar-refractivity contribution in [1.82, 2.24) is 10.3 Å². The third kappa shape index (κ3) is 5.03. The van der Waals surface area contributed by atoms with E-state index in [0.29, 0.717) is 22.5 Å². The van der Waals surface area contributed by atoms with Crippen LogP contribution in [0.5, 0.6) is 0 Å². The topological polar surface area (TPSA) is 80.4 Å². The van der Waals surface area contributed by atoms with Gasteiger partial charge in [0, 0.05) is 47.5 Å². The first kappa shape index (κ1) is 21.9. The van der Waals surface area contributed by atoms with Crippen molar-refractivity contribution in [3.8, 4) is 11.1 Å². The molecule has 0 aliphatic heterocycles. The SMILES string of the molecule is CN=C(C=C(N)C(F)(F)F)NC(=O)c1ccc2cc(-c3ccc(F)cc3F)cnc2c1. The fourth-order valence-electron chi connectivity index (χ4n) is 2.71. The summed E-state index contributed by atoms with van der Waals surface area (Å²) in [7, 11) is 1.20. The number of nitrogens with one attached hydrogen (secondary N) is 1. The van der Waals surface area contributed by atoms with E-state index in [0.717, 1.165) is 12.1 Å². The van der Waals surface area contributed by atoms with Crippen molar-refractivity contribution >= 4 is 22.6 Å². The lowest BCUT2D eigenvalue weighted by atomic mass is 10.0. The van der Waals surface area contributed by atoms with Crippen LogP contribution in [0, 0.1) is 11.6 Å². The molecule has 0 radical (unpaired) electrons. The molecule has 2 aromatic carbocycles. The highest BCUT2D eigenvalue weighted by Gasteiger charge is 2.31. The van der Waals surface area contributed by atoms with Crippen LogP contribution < -0.4 is 11.1 Å². The first-order chi connectivity index (χ1) is 14.6. The predicted octanol–water partition coefficient (Wildman–Crippen LogP) is 4.34. The number of halogens is 5. The highest BCUT2D eigenvalue weighted by atomic mass is 19.4. The van der Waals surface area contributed by atoms with E-state index < -0.39 is 29.4 Å². The second-order valence-electron chi connectivity index (χ2n) is 6.42.